The summed E-state index contributed by atoms with van der Waals surface area (Å²) < 4.78 is 12.9. The van der Waals surface area contributed by atoms with Crippen LogP contribution in [0.25, 0.3) is 10.9 Å². The Balaban J connectivity index is 1.77. The van der Waals surface area contributed by atoms with Crippen LogP contribution >= 0.6 is 11.6 Å². The monoisotopic (exact) mass is 447 g/mol. The van der Waals surface area contributed by atoms with Gasteiger partial charge in [0.1, 0.15) is 5.75 Å². The van der Waals surface area contributed by atoms with Gasteiger partial charge in [-0.1, -0.05) is 54.1 Å². The van der Waals surface area contributed by atoms with Gasteiger partial charge in [-0.2, -0.15) is 0 Å². The van der Waals surface area contributed by atoms with E-state index in [0.29, 0.717) is 28.3 Å². The molecule has 4 rings (SSSR count). The van der Waals surface area contributed by atoms with Crippen LogP contribution < -0.4 is 4.74 Å². The van der Waals surface area contributed by atoms with E-state index in [4.69, 9.17) is 21.1 Å². The molecule has 0 bridgehead atoms. The average Bonchev–Trinajstić information content (AvgIpc) is 3.05. The van der Waals surface area contributed by atoms with Crippen LogP contribution in [0.15, 0.2) is 72.8 Å². The van der Waals surface area contributed by atoms with Crippen molar-refractivity contribution in [3.05, 3.63) is 100 Å². The second kappa shape index (κ2) is 9.28. The van der Waals surface area contributed by atoms with Crippen molar-refractivity contribution in [2.45, 2.75) is 20.4 Å². The van der Waals surface area contributed by atoms with E-state index < -0.39 is 11.9 Å². The standard InChI is InChI=1S/C26H22ClNO4/c1-3-31-26(30)24-17(2)28(16-18-9-5-4-6-10-18)23-14-13-19(15-21(23)24)32-25(29)20-11-7-8-12-22(20)27/h4-15H,3,16H2,1-2H3. The number of esters is 2. The fraction of sp³-hybridized carbons (Fsp3) is 0.154. The lowest BCUT2D eigenvalue weighted by Gasteiger charge is -2.09. The maximum absolute atomic E-state index is 12.8. The van der Waals surface area contributed by atoms with Crippen molar-refractivity contribution in [2.75, 3.05) is 6.61 Å². The van der Waals surface area contributed by atoms with Gasteiger partial charge in [-0.25, -0.2) is 9.59 Å². The highest BCUT2D eigenvalue weighted by molar-refractivity contribution is 6.33. The van der Waals surface area contributed by atoms with E-state index in [9.17, 15) is 9.59 Å². The highest BCUT2D eigenvalue weighted by Crippen LogP contribution is 2.31. The molecule has 6 heteroatoms. The molecule has 32 heavy (non-hydrogen) atoms. The lowest BCUT2D eigenvalue weighted by Crippen LogP contribution is -2.09. The van der Waals surface area contributed by atoms with Gasteiger partial charge in [-0.05, 0) is 49.7 Å². The van der Waals surface area contributed by atoms with Crippen molar-refractivity contribution in [2.24, 2.45) is 0 Å². The normalized spacial score (nSPS) is 10.8. The predicted molar refractivity (Wildman–Crippen MR) is 125 cm³/mol. The van der Waals surface area contributed by atoms with E-state index in [0.717, 1.165) is 16.8 Å². The molecule has 5 nitrogen and oxygen atoms in total. The second-order valence-electron chi connectivity index (χ2n) is 7.30. The first kappa shape index (κ1) is 21.7. The number of nitrogens with zero attached hydrogens (tertiary/aromatic N) is 1. The predicted octanol–water partition coefficient (Wildman–Crippen LogP) is 6.05. The van der Waals surface area contributed by atoms with E-state index in [1.807, 2.05) is 43.3 Å². The molecule has 1 aromatic heterocycles. The van der Waals surface area contributed by atoms with Crippen LogP contribution in [-0.4, -0.2) is 23.1 Å². The van der Waals surface area contributed by atoms with Gasteiger partial charge in [0.2, 0.25) is 0 Å². The molecule has 1 heterocycles. The maximum atomic E-state index is 12.8. The minimum absolute atomic E-state index is 0.269. The van der Waals surface area contributed by atoms with E-state index >= 15 is 0 Å². The average molecular weight is 448 g/mol. The van der Waals surface area contributed by atoms with Crippen LogP contribution in [0.3, 0.4) is 0 Å². The molecule has 162 valence electrons. The minimum Gasteiger partial charge on any atom is -0.462 e. The lowest BCUT2D eigenvalue weighted by atomic mass is 10.1. The molecule has 0 radical (unpaired) electrons. The third-order valence-corrected chi connectivity index (χ3v) is 5.59. The van der Waals surface area contributed by atoms with Crippen molar-refractivity contribution >= 4 is 34.4 Å². The van der Waals surface area contributed by atoms with Crippen molar-refractivity contribution in [3.63, 3.8) is 0 Å². The van der Waals surface area contributed by atoms with Gasteiger partial charge in [0.25, 0.3) is 0 Å². The summed E-state index contributed by atoms with van der Waals surface area (Å²) >= 11 is 6.12. The molecule has 0 unspecified atom stereocenters. The fourth-order valence-corrected chi connectivity index (χ4v) is 3.96. The summed E-state index contributed by atoms with van der Waals surface area (Å²) in [7, 11) is 0. The Morgan fingerprint density at radius 2 is 1.66 bits per heavy atom. The quantitative estimate of drug-likeness (QED) is 0.267. The number of rotatable bonds is 6. The summed E-state index contributed by atoms with van der Waals surface area (Å²) in [4.78, 5) is 25.4. The Morgan fingerprint density at radius 1 is 0.938 bits per heavy atom. The number of fused-ring (bicyclic) bond motifs is 1. The number of carbonyl (C=O) groups excluding carboxylic acids is 2. The Kier molecular flexibility index (Phi) is 6.28. The molecule has 0 aliphatic rings. The number of benzene rings is 3. The smallest absolute Gasteiger partial charge is 0.345 e. The molecule has 0 aliphatic heterocycles. The number of ether oxygens (including phenoxy) is 2. The number of hydrogen-bond donors (Lipinski definition) is 0. The van der Waals surface area contributed by atoms with E-state index in [1.54, 1.807) is 43.3 Å². The van der Waals surface area contributed by atoms with Gasteiger partial charge in [0, 0.05) is 23.1 Å². The first-order valence-electron chi connectivity index (χ1n) is 10.3. The molecule has 0 atom stereocenters. The zero-order chi connectivity index (χ0) is 22.7. The van der Waals surface area contributed by atoms with E-state index in [1.165, 1.54) is 0 Å². The summed E-state index contributed by atoms with van der Waals surface area (Å²) in [5, 5.41) is 0.983. The van der Waals surface area contributed by atoms with Crippen LogP contribution in [-0.2, 0) is 11.3 Å². The van der Waals surface area contributed by atoms with E-state index in [-0.39, 0.29) is 12.2 Å². The number of hydrogen-bond acceptors (Lipinski definition) is 4. The highest BCUT2D eigenvalue weighted by atomic mass is 35.5. The summed E-state index contributed by atoms with van der Waals surface area (Å²) in [5.41, 5.74) is 3.49. The zero-order valence-electron chi connectivity index (χ0n) is 17.8. The molecule has 0 aliphatic carbocycles. The molecule has 0 fully saturated rings. The van der Waals surface area contributed by atoms with Gasteiger partial charge in [0.05, 0.1) is 22.8 Å². The lowest BCUT2D eigenvalue weighted by molar-refractivity contribution is 0.0527. The molecule has 0 N–H and O–H groups in total. The molecule has 3 aromatic carbocycles. The van der Waals surface area contributed by atoms with Crippen LogP contribution in [0.1, 0.15) is 38.9 Å². The summed E-state index contributed by atoms with van der Waals surface area (Å²) in [5.74, 6) is -0.644. The minimum atomic E-state index is -0.562. The fourth-order valence-electron chi connectivity index (χ4n) is 3.74. The largest absolute Gasteiger partial charge is 0.462 e. The number of carbonyl (C=O) groups is 2. The Morgan fingerprint density at radius 3 is 2.38 bits per heavy atom. The van der Waals surface area contributed by atoms with Crippen LogP contribution in [0.5, 0.6) is 5.75 Å². The number of aromatic nitrogens is 1. The first-order valence-corrected chi connectivity index (χ1v) is 10.7. The molecular weight excluding hydrogens is 426 g/mol. The van der Waals surface area contributed by atoms with Gasteiger partial charge < -0.3 is 14.0 Å². The van der Waals surface area contributed by atoms with Gasteiger partial charge in [0.15, 0.2) is 0 Å². The van der Waals surface area contributed by atoms with E-state index in [2.05, 4.69) is 4.57 Å². The van der Waals surface area contributed by atoms with Crippen molar-refractivity contribution in [1.29, 1.82) is 0 Å². The summed E-state index contributed by atoms with van der Waals surface area (Å²) in [6.45, 7) is 4.53. The highest BCUT2D eigenvalue weighted by Gasteiger charge is 2.22. The molecule has 0 amide bonds. The molecule has 0 spiro atoms. The van der Waals surface area contributed by atoms with Gasteiger partial charge >= 0.3 is 11.9 Å². The third-order valence-electron chi connectivity index (χ3n) is 5.26. The Bertz CT molecular complexity index is 1290. The van der Waals surface area contributed by atoms with Crippen molar-refractivity contribution < 1.29 is 19.1 Å². The maximum Gasteiger partial charge on any atom is 0.345 e. The molecular formula is C26H22ClNO4. The zero-order valence-corrected chi connectivity index (χ0v) is 18.6. The first-order chi connectivity index (χ1) is 15.5. The van der Waals surface area contributed by atoms with Crippen LogP contribution in [0, 0.1) is 6.92 Å². The van der Waals surface area contributed by atoms with Gasteiger partial charge in [-0.3, -0.25) is 0 Å². The van der Waals surface area contributed by atoms with Crippen LogP contribution in [0.2, 0.25) is 5.02 Å². The van der Waals surface area contributed by atoms with Gasteiger partial charge in [-0.15, -0.1) is 0 Å². The summed E-state index contributed by atoms with van der Waals surface area (Å²) in [6.07, 6.45) is 0. The molecule has 0 saturated carbocycles. The third kappa shape index (κ3) is 4.25. The number of halogens is 1. The second-order valence-corrected chi connectivity index (χ2v) is 7.71. The Labute approximate surface area is 191 Å². The topological polar surface area (TPSA) is 57.5 Å². The molecule has 0 saturated heterocycles. The SMILES string of the molecule is CCOC(=O)c1c(C)n(Cc2ccccc2)c2ccc(OC(=O)c3ccccc3Cl)cc12. The van der Waals surface area contributed by atoms with Crippen LogP contribution in [0.4, 0.5) is 0 Å². The van der Waals surface area contributed by atoms with Crippen molar-refractivity contribution in [1.82, 2.24) is 4.57 Å². The van der Waals surface area contributed by atoms with Crippen molar-refractivity contribution in [3.8, 4) is 5.75 Å². The summed E-state index contributed by atoms with van der Waals surface area (Å²) in [6, 6.07) is 22.0. The Hall–Kier alpha value is -3.57. The molecule has 4 aromatic rings.